The van der Waals surface area contributed by atoms with E-state index in [9.17, 15) is 19.5 Å². The number of hydrogen-bond acceptors (Lipinski definition) is 6. The van der Waals surface area contributed by atoms with Crippen LogP contribution in [-0.4, -0.2) is 70.1 Å². The lowest BCUT2D eigenvalue weighted by Crippen LogP contribution is -2.53. The summed E-state index contributed by atoms with van der Waals surface area (Å²) < 4.78 is 4.87. The predicted molar refractivity (Wildman–Crippen MR) is 154 cm³/mol. The molecular weight excluding hydrogens is 512 g/mol. The zero-order chi connectivity index (χ0) is 27.6. The lowest BCUT2D eigenvalue weighted by Gasteiger charge is -2.36. The lowest BCUT2D eigenvalue weighted by atomic mass is 9.78. The quantitative estimate of drug-likeness (QED) is 0.308. The van der Waals surface area contributed by atoms with Gasteiger partial charge in [0, 0.05) is 30.6 Å². The average molecular weight is 553 g/mol. The first kappa shape index (κ1) is 28.0. The van der Waals surface area contributed by atoms with Crippen LogP contribution in [0.3, 0.4) is 0 Å². The number of likely N-dealkylation sites (tertiary alicyclic amines) is 1. The highest BCUT2D eigenvalue weighted by Gasteiger charge is 2.70. The molecule has 5 rings (SSSR count). The maximum atomic E-state index is 14.6. The normalized spacial score (nSPS) is 31.4. The largest absolute Gasteiger partial charge is 0.465 e. The summed E-state index contributed by atoms with van der Waals surface area (Å²) in [6.45, 7) is 5.42. The number of ether oxygens (including phenoxy) is 1. The van der Waals surface area contributed by atoms with Gasteiger partial charge in [-0.3, -0.25) is 14.4 Å². The van der Waals surface area contributed by atoms with E-state index in [1.165, 1.54) is 0 Å². The number of cyclic esters (lactones) is 1. The van der Waals surface area contributed by atoms with Gasteiger partial charge in [-0.2, -0.15) is 0 Å². The molecule has 0 aromatic heterocycles. The Labute approximate surface area is 235 Å². The number of thioether (sulfide) groups is 1. The molecule has 8 heteroatoms. The van der Waals surface area contributed by atoms with E-state index in [0.717, 1.165) is 61.8 Å². The van der Waals surface area contributed by atoms with Crippen LogP contribution in [0.4, 0.5) is 5.69 Å². The summed E-state index contributed by atoms with van der Waals surface area (Å²) in [5.41, 5.74) is 2.93. The second-order valence-corrected chi connectivity index (χ2v) is 12.7. The summed E-state index contributed by atoms with van der Waals surface area (Å²) in [5, 5.41) is 8.95. The highest BCUT2D eigenvalue weighted by atomic mass is 32.2. The molecule has 210 valence electrons. The number of amides is 2. The standard InChI is InChI=1S/C31H40N2O5S/c1-21-13-11-14-22(2)26(21)32-18-12-16-31-25(24-23(39-31)15-7-3-6-10-20-38-30(24)37)28(35)33(27(31)29(32)36)17-8-4-5-9-19-34/h7,11-16,23-25,27,34H,3-6,8-10,17-20H2,1-2H3/b15-7-/t23-,24+,25+,27?,31+/m1/s1. The van der Waals surface area contributed by atoms with E-state index < -0.39 is 22.6 Å². The molecule has 4 aliphatic rings. The number of allylic oxidation sites excluding steroid dienone is 1. The van der Waals surface area contributed by atoms with Crippen molar-refractivity contribution in [2.24, 2.45) is 11.8 Å². The SMILES string of the molecule is Cc1cccc(C)c1N1CC=C[C@]23S[C@@H]4/C=C\CCCCOC(=O)[C@@H]4[C@H]2C(=O)N(CCCCCCO)C3C1=O. The second kappa shape index (κ2) is 11.9. The van der Waals surface area contributed by atoms with Gasteiger partial charge in [-0.15, -0.1) is 11.8 Å². The van der Waals surface area contributed by atoms with Crippen molar-refractivity contribution in [3.63, 3.8) is 0 Å². The van der Waals surface area contributed by atoms with E-state index in [-0.39, 0.29) is 29.6 Å². The number of rotatable bonds is 7. The number of para-hydroxylation sites is 1. The maximum Gasteiger partial charge on any atom is 0.311 e. The highest BCUT2D eigenvalue weighted by Crippen LogP contribution is 2.61. The van der Waals surface area contributed by atoms with Crippen LogP contribution in [0.25, 0.3) is 0 Å². The molecule has 0 bridgehead atoms. The summed E-state index contributed by atoms with van der Waals surface area (Å²) in [6, 6.07) is 5.32. The van der Waals surface area contributed by atoms with Crippen LogP contribution in [0.5, 0.6) is 0 Å². The topological polar surface area (TPSA) is 87.2 Å². The van der Waals surface area contributed by atoms with Crippen LogP contribution >= 0.6 is 11.8 Å². The fourth-order valence-corrected chi connectivity index (χ4v) is 8.84. The Bertz CT molecular complexity index is 1150. The molecule has 4 heterocycles. The molecule has 2 fully saturated rings. The van der Waals surface area contributed by atoms with Crippen molar-refractivity contribution in [1.82, 2.24) is 4.90 Å². The molecular formula is C31H40N2O5S. The van der Waals surface area contributed by atoms with Crippen LogP contribution in [0.15, 0.2) is 42.5 Å². The van der Waals surface area contributed by atoms with E-state index in [0.29, 0.717) is 19.7 Å². The number of aliphatic hydroxyl groups excluding tert-OH is 1. The van der Waals surface area contributed by atoms with E-state index in [1.807, 2.05) is 43.0 Å². The minimum Gasteiger partial charge on any atom is -0.465 e. The molecule has 0 saturated carbocycles. The average Bonchev–Trinajstić information content (AvgIpc) is 3.29. The summed E-state index contributed by atoms with van der Waals surface area (Å²) in [5.74, 6) is -1.80. The van der Waals surface area contributed by atoms with Crippen molar-refractivity contribution < 1.29 is 24.2 Å². The molecule has 7 nitrogen and oxygen atoms in total. The van der Waals surface area contributed by atoms with Gasteiger partial charge in [0.15, 0.2) is 0 Å². The molecule has 1 aromatic rings. The third-order valence-corrected chi connectivity index (χ3v) is 10.4. The zero-order valence-corrected chi connectivity index (χ0v) is 23.8. The van der Waals surface area contributed by atoms with Gasteiger partial charge in [0.1, 0.15) is 6.04 Å². The third-order valence-electron chi connectivity index (χ3n) is 8.62. The minimum atomic E-state index is -0.836. The number of hydrogen-bond donors (Lipinski definition) is 1. The molecule has 0 radical (unpaired) electrons. The molecule has 39 heavy (non-hydrogen) atoms. The van der Waals surface area contributed by atoms with E-state index in [2.05, 4.69) is 18.2 Å². The Hall–Kier alpha value is -2.58. The Balaban J connectivity index is 1.56. The first-order valence-corrected chi connectivity index (χ1v) is 15.3. The third kappa shape index (κ3) is 5.06. The summed E-state index contributed by atoms with van der Waals surface area (Å²) >= 11 is 1.60. The first-order chi connectivity index (χ1) is 18.9. The van der Waals surface area contributed by atoms with Gasteiger partial charge in [0.2, 0.25) is 5.91 Å². The van der Waals surface area contributed by atoms with Gasteiger partial charge >= 0.3 is 5.97 Å². The Kier molecular flexibility index (Phi) is 8.52. The molecule has 1 aromatic carbocycles. The fraction of sp³-hybridized carbons (Fsp3) is 0.581. The van der Waals surface area contributed by atoms with Crippen LogP contribution in [0, 0.1) is 25.7 Å². The van der Waals surface area contributed by atoms with Crippen LogP contribution in [0.1, 0.15) is 56.1 Å². The van der Waals surface area contributed by atoms with Crippen molar-refractivity contribution in [1.29, 1.82) is 0 Å². The summed E-state index contributed by atoms with van der Waals surface area (Å²) in [4.78, 5) is 46.0. The highest BCUT2D eigenvalue weighted by molar-refractivity contribution is 8.02. The van der Waals surface area contributed by atoms with Gasteiger partial charge in [-0.25, -0.2) is 0 Å². The van der Waals surface area contributed by atoms with Gasteiger partial charge < -0.3 is 19.6 Å². The van der Waals surface area contributed by atoms with E-state index >= 15 is 0 Å². The molecule has 2 saturated heterocycles. The number of fused-ring (bicyclic) bond motifs is 2. The zero-order valence-electron chi connectivity index (χ0n) is 23.0. The number of esters is 1. The number of aryl methyl sites for hydroxylation is 2. The monoisotopic (exact) mass is 552 g/mol. The predicted octanol–water partition coefficient (Wildman–Crippen LogP) is 4.34. The Morgan fingerprint density at radius 3 is 2.56 bits per heavy atom. The number of nitrogens with zero attached hydrogens (tertiary/aromatic N) is 2. The van der Waals surface area contributed by atoms with Gasteiger partial charge in [-0.05, 0) is 57.1 Å². The first-order valence-electron chi connectivity index (χ1n) is 14.4. The molecule has 1 spiro atoms. The van der Waals surface area contributed by atoms with Crippen LogP contribution in [0.2, 0.25) is 0 Å². The van der Waals surface area contributed by atoms with Crippen molar-refractivity contribution in [3.05, 3.63) is 53.6 Å². The second-order valence-electron chi connectivity index (χ2n) is 11.2. The lowest BCUT2D eigenvalue weighted by molar-refractivity contribution is -0.153. The van der Waals surface area contributed by atoms with Crippen LogP contribution in [-0.2, 0) is 19.1 Å². The van der Waals surface area contributed by atoms with Crippen LogP contribution < -0.4 is 4.90 Å². The number of benzene rings is 1. The smallest absolute Gasteiger partial charge is 0.311 e. The molecule has 2 amide bonds. The van der Waals surface area contributed by atoms with Crippen molar-refractivity contribution in [2.45, 2.75) is 74.8 Å². The summed E-state index contributed by atoms with van der Waals surface area (Å²) in [6.07, 6.45) is 14.2. The van der Waals surface area contributed by atoms with Crippen molar-refractivity contribution in [3.8, 4) is 0 Å². The summed E-state index contributed by atoms with van der Waals surface area (Å²) in [7, 11) is 0. The van der Waals surface area contributed by atoms with Crippen molar-refractivity contribution in [2.75, 3.05) is 31.2 Å². The maximum absolute atomic E-state index is 14.6. The Morgan fingerprint density at radius 1 is 1.03 bits per heavy atom. The number of unbranched alkanes of at least 4 members (excludes halogenated alkanes) is 3. The van der Waals surface area contributed by atoms with Gasteiger partial charge in [-0.1, -0.05) is 55.3 Å². The molecule has 4 aliphatic heterocycles. The van der Waals surface area contributed by atoms with Gasteiger partial charge in [0.25, 0.3) is 5.91 Å². The number of anilines is 1. The van der Waals surface area contributed by atoms with Gasteiger partial charge in [0.05, 0.1) is 23.2 Å². The van der Waals surface area contributed by atoms with E-state index in [4.69, 9.17) is 4.74 Å². The number of carbonyl (C=O) groups excluding carboxylic acids is 3. The minimum absolute atomic E-state index is 0.0860. The fourth-order valence-electron chi connectivity index (χ4n) is 6.84. The number of aliphatic hydroxyl groups is 1. The molecule has 1 unspecified atom stereocenters. The Morgan fingerprint density at radius 2 is 1.79 bits per heavy atom. The van der Waals surface area contributed by atoms with Crippen molar-refractivity contribution >= 4 is 35.2 Å². The molecule has 0 aliphatic carbocycles. The molecule has 5 atom stereocenters. The molecule has 1 N–H and O–H groups in total. The number of carbonyl (C=O) groups is 3. The van der Waals surface area contributed by atoms with E-state index in [1.54, 1.807) is 16.7 Å².